The predicted molar refractivity (Wildman–Crippen MR) is 79.7 cm³/mol. The van der Waals surface area contributed by atoms with Crippen molar-refractivity contribution >= 4 is 5.91 Å². The Bertz CT molecular complexity index is 715. The standard InChI is InChI=1S/C16H17F2N3O2/c1-10-15(16(23)20-8-12(18)6-14(20)9-22)7-19-21(10)13-4-2-11(17)3-5-13/h2-5,7,12,14,22H,6,8-9H2,1H3/t12-,14-/m0/s1. The maximum atomic E-state index is 13.5. The van der Waals surface area contributed by atoms with E-state index in [4.69, 9.17) is 0 Å². The molecule has 0 unspecified atom stereocenters. The minimum Gasteiger partial charge on any atom is -0.394 e. The van der Waals surface area contributed by atoms with Gasteiger partial charge in [-0.05, 0) is 31.2 Å². The van der Waals surface area contributed by atoms with Crippen LogP contribution in [0.5, 0.6) is 0 Å². The van der Waals surface area contributed by atoms with Crippen LogP contribution in [0, 0.1) is 12.7 Å². The Hall–Kier alpha value is -2.28. The van der Waals surface area contributed by atoms with E-state index in [9.17, 15) is 18.7 Å². The Morgan fingerprint density at radius 3 is 2.74 bits per heavy atom. The Labute approximate surface area is 132 Å². The third-order valence-electron chi connectivity index (χ3n) is 4.15. The Morgan fingerprint density at radius 2 is 2.09 bits per heavy atom. The van der Waals surface area contributed by atoms with Gasteiger partial charge in [-0.15, -0.1) is 0 Å². The summed E-state index contributed by atoms with van der Waals surface area (Å²) in [6.07, 6.45) is 0.442. The van der Waals surface area contributed by atoms with Gasteiger partial charge in [0.05, 0.1) is 42.3 Å². The average Bonchev–Trinajstić information content (AvgIpc) is 3.10. The number of aliphatic hydroxyl groups excluding tert-OH is 1. The molecule has 2 atom stereocenters. The number of hydrogen-bond donors (Lipinski definition) is 1. The first-order valence-corrected chi connectivity index (χ1v) is 7.37. The minimum atomic E-state index is -1.12. The van der Waals surface area contributed by atoms with E-state index < -0.39 is 12.2 Å². The predicted octanol–water partition coefficient (Wildman–Crippen LogP) is 1.86. The molecule has 1 aromatic heterocycles. The van der Waals surface area contributed by atoms with Crippen LogP contribution in [0.3, 0.4) is 0 Å². The van der Waals surface area contributed by atoms with Crippen molar-refractivity contribution in [1.82, 2.24) is 14.7 Å². The van der Waals surface area contributed by atoms with Crippen LogP contribution in [0.2, 0.25) is 0 Å². The highest BCUT2D eigenvalue weighted by atomic mass is 19.1. The van der Waals surface area contributed by atoms with E-state index in [1.165, 1.54) is 27.9 Å². The molecule has 7 heteroatoms. The molecule has 2 aromatic rings. The number of alkyl halides is 1. The van der Waals surface area contributed by atoms with Gasteiger partial charge in [-0.1, -0.05) is 0 Å². The van der Waals surface area contributed by atoms with Crippen molar-refractivity contribution in [3.05, 3.63) is 47.5 Å². The summed E-state index contributed by atoms with van der Waals surface area (Å²) in [6, 6.07) is 5.24. The van der Waals surface area contributed by atoms with Gasteiger partial charge in [-0.2, -0.15) is 5.10 Å². The average molecular weight is 321 g/mol. The topological polar surface area (TPSA) is 58.4 Å². The van der Waals surface area contributed by atoms with E-state index in [1.54, 1.807) is 19.1 Å². The molecular weight excluding hydrogens is 304 g/mol. The van der Waals surface area contributed by atoms with Crippen LogP contribution in [-0.2, 0) is 0 Å². The largest absolute Gasteiger partial charge is 0.394 e. The van der Waals surface area contributed by atoms with Crippen molar-refractivity contribution < 1.29 is 18.7 Å². The minimum absolute atomic E-state index is 0.0226. The molecular formula is C16H17F2N3O2. The molecule has 0 bridgehead atoms. The number of rotatable bonds is 3. The maximum absolute atomic E-state index is 13.5. The maximum Gasteiger partial charge on any atom is 0.257 e. The van der Waals surface area contributed by atoms with Gasteiger partial charge >= 0.3 is 0 Å². The molecule has 1 amide bonds. The summed E-state index contributed by atoms with van der Waals surface area (Å²) in [5, 5.41) is 13.5. The number of carbonyl (C=O) groups excluding carboxylic acids is 1. The fraction of sp³-hybridized carbons (Fsp3) is 0.375. The van der Waals surface area contributed by atoms with Crippen LogP contribution in [-0.4, -0.2) is 51.1 Å². The zero-order chi connectivity index (χ0) is 16.6. The SMILES string of the molecule is Cc1c(C(=O)N2C[C@@H](F)C[C@H]2CO)cnn1-c1ccc(F)cc1. The van der Waals surface area contributed by atoms with E-state index in [0.717, 1.165) is 0 Å². The van der Waals surface area contributed by atoms with Gasteiger partial charge in [0.2, 0.25) is 0 Å². The summed E-state index contributed by atoms with van der Waals surface area (Å²) < 4.78 is 28.1. The van der Waals surface area contributed by atoms with E-state index >= 15 is 0 Å². The van der Waals surface area contributed by atoms with Gasteiger partial charge in [-0.3, -0.25) is 4.79 Å². The summed E-state index contributed by atoms with van der Waals surface area (Å²) in [5.41, 5.74) is 1.56. The summed E-state index contributed by atoms with van der Waals surface area (Å²) in [6.45, 7) is 1.43. The van der Waals surface area contributed by atoms with Crippen molar-refractivity contribution in [2.75, 3.05) is 13.2 Å². The van der Waals surface area contributed by atoms with Gasteiger partial charge < -0.3 is 10.0 Å². The molecule has 0 radical (unpaired) electrons. The number of likely N-dealkylation sites (tertiary alicyclic amines) is 1. The second kappa shape index (κ2) is 6.08. The van der Waals surface area contributed by atoms with Crippen LogP contribution in [0.15, 0.2) is 30.5 Å². The summed E-state index contributed by atoms with van der Waals surface area (Å²) >= 11 is 0. The van der Waals surface area contributed by atoms with Crippen LogP contribution < -0.4 is 0 Å². The molecule has 1 fully saturated rings. The fourth-order valence-electron chi connectivity index (χ4n) is 2.90. The number of amides is 1. The highest BCUT2D eigenvalue weighted by molar-refractivity contribution is 5.95. The molecule has 1 aliphatic rings. The molecule has 1 aromatic carbocycles. The Balaban J connectivity index is 1.89. The Kier molecular flexibility index (Phi) is 4.12. The Morgan fingerprint density at radius 1 is 1.39 bits per heavy atom. The number of benzene rings is 1. The van der Waals surface area contributed by atoms with Gasteiger partial charge in [0, 0.05) is 6.42 Å². The second-order valence-corrected chi connectivity index (χ2v) is 5.66. The van der Waals surface area contributed by atoms with Crippen LogP contribution in [0.25, 0.3) is 5.69 Å². The zero-order valence-corrected chi connectivity index (χ0v) is 12.6. The van der Waals surface area contributed by atoms with Gasteiger partial charge in [0.25, 0.3) is 5.91 Å². The fourth-order valence-corrected chi connectivity index (χ4v) is 2.90. The summed E-state index contributed by atoms with van der Waals surface area (Å²) in [5.74, 6) is -0.707. The number of nitrogens with zero attached hydrogens (tertiary/aromatic N) is 3. The first-order chi connectivity index (χ1) is 11.0. The van der Waals surface area contributed by atoms with Crippen LogP contribution >= 0.6 is 0 Å². The zero-order valence-electron chi connectivity index (χ0n) is 12.6. The highest BCUT2D eigenvalue weighted by Gasteiger charge is 2.36. The molecule has 2 heterocycles. The van der Waals surface area contributed by atoms with Crippen LogP contribution in [0.4, 0.5) is 8.78 Å². The molecule has 3 rings (SSSR count). The van der Waals surface area contributed by atoms with Crippen molar-refractivity contribution in [3.63, 3.8) is 0 Å². The number of hydrogen-bond acceptors (Lipinski definition) is 3. The van der Waals surface area contributed by atoms with Gasteiger partial charge in [0.15, 0.2) is 0 Å². The molecule has 23 heavy (non-hydrogen) atoms. The molecule has 0 saturated carbocycles. The lowest BCUT2D eigenvalue weighted by molar-refractivity contribution is 0.0672. The second-order valence-electron chi connectivity index (χ2n) is 5.66. The molecule has 1 saturated heterocycles. The molecule has 0 aliphatic carbocycles. The number of halogens is 2. The van der Waals surface area contributed by atoms with Crippen LogP contribution in [0.1, 0.15) is 22.5 Å². The molecule has 5 nitrogen and oxygen atoms in total. The van der Waals surface area contributed by atoms with Crippen molar-refractivity contribution in [2.45, 2.75) is 25.6 Å². The summed E-state index contributed by atoms with van der Waals surface area (Å²) in [7, 11) is 0. The quantitative estimate of drug-likeness (QED) is 0.939. The monoisotopic (exact) mass is 321 g/mol. The van der Waals surface area contributed by atoms with Gasteiger partial charge in [0.1, 0.15) is 12.0 Å². The van der Waals surface area contributed by atoms with Crippen molar-refractivity contribution in [1.29, 1.82) is 0 Å². The first kappa shape index (κ1) is 15.6. The molecule has 1 aliphatic heterocycles. The lowest BCUT2D eigenvalue weighted by atomic mass is 10.2. The van der Waals surface area contributed by atoms with E-state index in [0.29, 0.717) is 16.9 Å². The summed E-state index contributed by atoms with van der Waals surface area (Å²) in [4.78, 5) is 14.0. The molecule has 122 valence electrons. The van der Waals surface area contributed by atoms with E-state index in [2.05, 4.69) is 5.10 Å². The third kappa shape index (κ3) is 2.84. The van der Waals surface area contributed by atoms with Crippen molar-refractivity contribution in [3.8, 4) is 5.69 Å². The lowest BCUT2D eigenvalue weighted by Gasteiger charge is -2.22. The van der Waals surface area contributed by atoms with Crippen molar-refractivity contribution in [2.24, 2.45) is 0 Å². The smallest absolute Gasteiger partial charge is 0.257 e. The van der Waals surface area contributed by atoms with E-state index in [1.807, 2.05) is 0 Å². The molecule has 1 N–H and O–H groups in total. The number of aromatic nitrogens is 2. The van der Waals surface area contributed by atoms with Gasteiger partial charge in [-0.25, -0.2) is 13.5 Å². The lowest BCUT2D eigenvalue weighted by Crippen LogP contribution is -2.38. The first-order valence-electron chi connectivity index (χ1n) is 7.37. The normalized spacial score (nSPS) is 21.0. The molecule has 0 spiro atoms. The number of aliphatic hydroxyl groups is 1. The highest BCUT2D eigenvalue weighted by Crippen LogP contribution is 2.24. The number of carbonyl (C=O) groups is 1. The third-order valence-corrected chi connectivity index (χ3v) is 4.15. The van der Waals surface area contributed by atoms with E-state index in [-0.39, 0.29) is 31.3 Å².